The van der Waals surface area contributed by atoms with E-state index in [2.05, 4.69) is 6.47 Å². The minimum atomic E-state index is -9.61. The monoisotopic (exact) mass is 464 g/mol. The summed E-state index contributed by atoms with van der Waals surface area (Å²) in [6, 6.07) is 0. The Bertz CT molecular complexity index is 936. The van der Waals surface area contributed by atoms with Gasteiger partial charge in [-0.25, -0.2) is 0 Å². The second kappa shape index (κ2) is 5.04. The van der Waals surface area contributed by atoms with Gasteiger partial charge >= 0.3 is 147 Å². The fraction of sp³-hybridized carbons (Fsp3) is 0. The van der Waals surface area contributed by atoms with Crippen LogP contribution in [0.4, 0.5) is 0 Å². The van der Waals surface area contributed by atoms with Gasteiger partial charge in [0.2, 0.25) is 0 Å². The Morgan fingerprint density at radius 2 is 0.826 bits per heavy atom. The SMILES string of the molecule is N#CS[O][Cr](=[O])(=[O])([O]SC#N)([S]C#N)([S]C#N)([S]C#N)[S]C#N. The average molecular weight is 465 g/mol. The van der Waals surface area contributed by atoms with Crippen molar-refractivity contribution in [2.24, 2.45) is 0 Å². The molecule has 0 rings (SSSR count). The van der Waals surface area contributed by atoms with Gasteiger partial charge in [-0.3, -0.25) is 0 Å². The molecule has 0 spiro atoms. The third-order valence-corrected chi connectivity index (χ3v) is 35.1. The first-order valence-corrected chi connectivity index (χ1v) is 17.0. The van der Waals surface area contributed by atoms with Crippen LogP contribution in [0.5, 0.6) is 0 Å². The summed E-state index contributed by atoms with van der Waals surface area (Å²) in [6.07, 6.45) is 0. The molecule has 0 aromatic carbocycles. The van der Waals surface area contributed by atoms with E-state index >= 15 is 0 Å². The van der Waals surface area contributed by atoms with E-state index in [0.29, 0.717) is 0 Å². The molecule has 0 aliphatic rings. The summed E-state index contributed by atoms with van der Waals surface area (Å²) in [5, 5.41) is 59.9. The Labute approximate surface area is 146 Å². The second-order valence-corrected chi connectivity index (χ2v) is 38.2. The van der Waals surface area contributed by atoms with Crippen LogP contribution in [0.3, 0.4) is 0 Å². The first kappa shape index (κ1) is 22.1. The molecule has 0 bridgehead atoms. The number of rotatable bonds is 8. The van der Waals surface area contributed by atoms with Crippen LogP contribution < -0.4 is 0 Å². The quantitative estimate of drug-likeness (QED) is 0.372. The van der Waals surface area contributed by atoms with Crippen molar-refractivity contribution >= 4 is 64.6 Å². The zero-order valence-corrected chi connectivity index (χ0v) is 16.3. The van der Waals surface area contributed by atoms with Crippen molar-refractivity contribution in [2.45, 2.75) is 0 Å². The third kappa shape index (κ3) is 3.19. The van der Waals surface area contributed by atoms with Crippen LogP contribution >= 0.6 is 64.6 Å². The zero-order valence-electron chi connectivity index (χ0n) is 10.2. The van der Waals surface area contributed by atoms with E-state index in [1.54, 1.807) is 0 Å². The van der Waals surface area contributed by atoms with Crippen LogP contribution in [0.2, 0.25) is 0 Å². The molecule has 0 saturated carbocycles. The molecular formula is C6CrN6O4S6. The Balaban J connectivity index is 7.78. The van der Waals surface area contributed by atoms with E-state index in [1.165, 1.54) is 10.8 Å². The fourth-order valence-corrected chi connectivity index (χ4v) is 23.6. The van der Waals surface area contributed by atoms with Gasteiger partial charge in [-0.1, -0.05) is 0 Å². The van der Waals surface area contributed by atoms with E-state index in [-0.39, 0.29) is 0 Å². The van der Waals surface area contributed by atoms with Gasteiger partial charge in [-0.05, 0) is 0 Å². The van der Waals surface area contributed by atoms with Crippen molar-refractivity contribution in [3.05, 3.63) is 0 Å². The molecule has 0 aromatic rings. The average Bonchev–Trinajstić information content (AvgIpc) is 2.46. The Morgan fingerprint density at radius 3 is 1.00 bits per heavy atom. The molecule has 0 saturated heterocycles. The van der Waals surface area contributed by atoms with Crippen LogP contribution in [0.15, 0.2) is 0 Å². The molecule has 17 heteroatoms. The van der Waals surface area contributed by atoms with E-state index in [0.717, 1.165) is 21.6 Å². The normalized spacial score (nSPS) is 16.8. The topological polar surface area (TPSA) is 195 Å². The Hall–Kier alpha value is -0.908. The summed E-state index contributed by atoms with van der Waals surface area (Å²) in [6.45, 7) is 0. The molecule has 23 heavy (non-hydrogen) atoms. The van der Waals surface area contributed by atoms with Crippen LogP contribution in [0, 0.1) is 64.0 Å². The summed E-state index contributed by atoms with van der Waals surface area (Å²) in [7, 11) is -3.38. The van der Waals surface area contributed by atoms with Crippen LogP contribution in [-0.4, -0.2) is 0 Å². The van der Waals surface area contributed by atoms with Crippen LogP contribution in [-0.2, 0) is 18.9 Å². The molecule has 0 atom stereocenters. The van der Waals surface area contributed by atoms with Gasteiger partial charge < -0.3 is 0 Å². The molecule has 0 aromatic heterocycles. The molecule has 10 nitrogen and oxygen atoms in total. The maximum absolute atomic E-state index is 14.1. The van der Waals surface area contributed by atoms with Crippen molar-refractivity contribution < 1.29 is 18.9 Å². The predicted molar refractivity (Wildman–Crippen MR) is 82.8 cm³/mol. The summed E-state index contributed by atoms with van der Waals surface area (Å²) < 4.78 is 37.3. The van der Waals surface area contributed by atoms with Crippen molar-refractivity contribution in [1.29, 1.82) is 31.6 Å². The number of hydrogen-bond acceptors (Lipinski definition) is 16. The van der Waals surface area contributed by atoms with Crippen LogP contribution in [0.25, 0.3) is 0 Å². The Morgan fingerprint density at radius 1 is 0.565 bits per heavy atom. The molecule has 120 valence electrons. The van der Waals surface area contributed by atoms with Gasteiger partial charge in [0.25, 0.3) is 0 Å². The van der Waals surface area contributed by atoms with E-state index in [1.807, 2.05) is 0 Å². The first-order valence-electron chi connectivity index (χ1n) is 4.23. The van der Waals surface area contributed by atoms with Gasteiger partial charge in [-0.2, -0.15) is 0 Å². The second-order valence-electron chi connectivity index (χ2n) is 3.09. The molecule has 0 amide bonds. The van der Waals surface area contributed by atoms with Crippen LogP contribution in [0.1, 0.15) is 0 Å². The van der Waals surface area contributed by atoms with Gasteiger partial charge in [0, 0.05) is 0 Å². The summed E-state index contributed by atoms with van der Waals surface area (Å²) in [5.41, 5.74) is 0. The molecule has 0 heterocycles. The Kier molecular flexibility index (Phi) is 4.84. The number of hydrogen-bond donors (Lipinski definition) is 0. The fourth-order valence-electron chi connectivity index (χ4n) is 0.875. The summed E-state index contributed by atoms with van der Waals surface area (Å²) in [4.78, 5) is -9.61. The van der Waals surface area contributed by atoms with Gasteiger partial charge in [0.05, 0.1) is 0 Å². The predicted octanol–water partition coefficient (Wildman–Crippen LogP) is 3.61. The van der Waals surface area contributed by atoms with Crippen molar-refractivity contribution in [3.8, 4) is 32.4 Å². The van der Waals surface area contributed by atoms with E-state index in [9.17, 15) is 7.61 Å². The summed E-state index contributed by atoms with van der Waals surface area (Å²) >= 11 is -0.934. The van der Waals surface area contributed by atoms with E-state index in [4.69, 9.17) is 31.6 Å². The third-order valence-electron chi connectivity index (χ3n) is 1.63. The van der Waals surface area contributed by atoms with Crippen molar-refractivity contribution in [3.63, 3.8) is 0 Å². The molecular weight excluding hydrogens is 465 g/mol. The molecule has 0 radical (unpaired) electrons. The van der Waals surface area contributed by atoms with E-state index < -0.39 is 69.4 Å². The van der Waals surface area contributed by atoms with Crippen molar-refractivity contribution in [2.75, 3.05) is 0 Å². The number of nitrogens with zero attached hydrogens (tertiary/aromatic N) is 6. The zero-order chi connectivity index (χ0) is 18.3. The molecule has 0 N–H and O–H groups in total. The first-order chi connectivity index (χ1) is 10.4. The molecule has 0 aliphatic heterocycles. The molecule has 0 aliphatic carbocycles. The number of nitriles is 6. The van der Waals surface area contributed by atoms with Gasteiger partial charge in [0.1, 0.15) is 0 Å². The van der Waals surface area contributed by atoms with Gasteiger partial charge in [-0.15, -0.1) is 0 Å². The minimum absolute atomic E-state index is 0.467. The standard InChI is InChI=1S/2CHNOS.4CHNS.Cr.2O/c2*2-1-4-3;4*2-1-3;;;/h2*3H;4*3H;;;/q;;;;;;+6;;/p-6. The maximum atomic E-state index is 14.1. The van der Waals surface area contributed by atoms with Crippen molar-refractivity contribution in [1.82, 2.24) is 0 Å². The molecule has 0 fully saturated rings. The number of thiocyanates is 6. The summed E-state index contributed by atoms with van der Waals surface area (Å²) in [5.74, 6) is 0. The molecule has 0 unspecified atom stereocenters. The van der Waals surface area contributed by atoms with Gasteiger partial charge in [0.15, 0.2) is 0 Å².